The molecule has 0 radical (unpaired) electrons. The van der Waals surface area contributed by atoms with Crippen LogP contribution in [0.2, 0.25) is 0 Å². The lowest BCUT2D eigenvalue weighted by atomic mass is 10.1. The molecule has 1 aromatic carbocycles. The van der Waals surface area contributed by atoms with E-state index in [4.69, 9.17) is 0 Å². The molecule has 0 saturated carbocycles. The van der Waals surface area contributed by atoms with Gasteiger partial charge in [-0.2, -0.15) is 0 Å². The van der Waals surface area contributed by atoms with Gasteiger partial charge < -0.3 is 19.7 Å². The molecule has 1 aliphatic rings. The number of rotatable bonds is 7. The number of nitrogens with zero attached hydrogens (tertiary/aromatic N) is 3. The minimum absolute atomic E-state index is 0.0692. The molecule has 1 aliphatic heterocycles. The van der Waals surface area contributed by atoms with E-state index in [0.29, 0.717) is 19.5 Å². The predicted octanol–water partition coefficient (Wildman–Crippen LogP) is 2.71. The number of amides is 2. The molecular formula is C21H30N4O2. The van der Waals surface area contributed by atoms with Crippen LogP contribution in [0.4, 0.5) is 5.69 Å². The minimum atomic E-state index is -0.276. The smallest absolute Gasteiger partial charge is 0.229 e. The maximum atomic E-state index is 12.6. The van der Waals surface area contributed by atoms with Crippen LogP contribution in [0.1, 0.15) is 25.5 Å². The molecule has 1 fully saturated rings. The summed E-state index contributed by atoms with van der Waals surface area (Å²) in [5.74, 6) is -0.277. The van der Waals surface area contributed by atoms with Gasteiger partial charge in [0.05, 0.1) is 5.92 Å². The molecule has 2 amide bonds. The number of fused-ring (bicyclic) bond motifs is 1. The number of benzene rings is 1. The topological polar surface area (TPSA) is 57.6 Å². The third-order valence-electron chi connectivity index (χ3n) is 5.23. The van der Waals surface area contributed by atoms with E-state index in [9.17, 15) is 9.59 Å². The fourth-order valence-corrected chi connectivity index (χ4v) is 3.74. The van der Waals surface area contributed by atoms with Gasteiger partial charge in [-0.25, -0.2) is 0 Å². The van der Waals surface area contributed by atoms with E-state index in [1.54, 1.807) is 4.90 Å². The summed E-state index contributed by atoms with van der Waals surface area (Å²) in [4.78, 5) is 28.6. The van der Waals surface area contributed by atoms with Crippen molar-refractivity contribution in [1.29, 1.82) is 0 Å². The Hall–Kier alpha value is -2.34. The molecule has 1 atom stereocenters. The number of nitrogens with one attached hydrogen (secondary N) is 1. The number of carbonyl (C=O) groups is 2. The highest BCUT2D eigenvalue weighted by Gasteiger charge is 2.34. The SMILES string of the molecule is CCCn1c(C)cc2cc(NC(=O)[C@H]3CC(=O)N(CCN(C)C)C3)ccc21. The first-order chi connectivity index (χ1) is 12.9. The van der Waals surface area contributed by atoms with Gasteiger partial charge in [-0.1, -0.05) is 6.92 Å². The number of likely N-dealkylation sites (tertiary alicyclic amines) is 1. The Balaban J connectivity index is 1.66. The highest BCUT2D eigenvalue weighted by Crippen LogP contribution is 2.25. The number of aromatic nitrogens is 1. The maximum absolute atomic E-state index is 12.6. The van der Waals surface area contributed by atoms with Crippen molar-refractivity contribution < 1.29 is 9.59 Å². The number of aryl methyl sites for hydroxylation is 2. The summed E-state index contributed by atoms with van der Waals surface area (Å²) in [5, 5.41) is 4.14. The minimum Gasteiger partial charge on any atom is -0.345 e. The van der Waals surface area contributed by atoms with Crippen LogP contribution >= 0.6 is 0 Å². The second-order valence-corrected chi connectivity index (χ2v) is 7.74. The van der Waals surface area contributed by atoms with Crippen LogP contribution in [0, 0.1) is 12.8 Å². The average molecular weight is 370 g/mol. The summed E-state index contributed by atoms with van der Waals surface area (Å²) >= 11 is 0. The lowest BCUT2D eigenvalue weighted by molar-refractivity contribution is -0.128. The Kier molecular flexibility index (Phi) is 5.85. The van der Waals surface area contributed by atoms with Crippen molar-refractivity contribution in [2.24, 2.45) is 5.92 Å². The second-order valence-electron chi connectivity index (χ2n) is 7.74. The third kappa shape index (κ3) is 4.33. The van der Waals surface area contributed by atoms with Gasteiger partial charge in [0.2, 0.25) is 11.8 Å². The molecule has 6 heteroatoms. The monoisotopic (exact) mass is 370 g/mol. The Morgan fingerprint density at radius 3 is 2.74 bits per heavy atom. The zero-order chi connectivity index (χ0) is 19.6. The van der Waals surface area contributed by atoms with Crippen LogP contribution in [0.15, 0.2) is 24.3 Å². The fraction of sp³-hybridized carbons (Fsp3) is 0.524. The summed E-state index contributed by atoms with van der Waals surface area (Å²) in [6.45, 7) is 7.27. The maximum Gasteiger partial charge on any atom is 0.229 e. The quantitative estimate of drug-likeness (QED) is 0.815. The van der Waals surface area contributed by atoms with Gasteiger partial charge in [0.1, 0.15) is 0 Å². The molecular weight excluding hydrogens is 340 g/mol. The molecule has 27 heavy (non-hydrogen) atoms. The van der Waals surface area contributed by atoms with Crippen molar-refractivity contribution in [3.8, 4) is 0 Å². The number of hydrogen-bond donors (Lipinski definition) is 1. The molecule has 0 spiro atoms. The van der Waals surface area contributed by atoms with Gasteiger partial charge in [0.25, 0.3) is 0 Å². The van der Waals surface area contributed by atoms with Crippen LogP contribution in [0.25, 0.3) is 10.9 Å². The molecule has 0 unspecified atom stereocenters. The van der Waals surface area contributed by atoms with E-state index in [0.717, 1.165) is 30.6 Å². The Labute approximate surface area is 161 Å². The van der Waals surface area contributed by atoms with Crippen LogP contribution in [0.5, 0.6) is 0 Å². The molecule has 0 aliphatic carbocycles. The van der Waals surface area contributed by atoms with Crippen molar-refractivity contribution in [1.82, 2.24) is 14.4 Å². The van der Waals surface area contributed by atoms with E-state index in [-0.39, 0.29) is 17.7 Å². The van der Waals surface area contributed by atoms with E-state index in [1.165, 1.54) is 11.2 Å². The van der Waals surface area contributed by atoms with Crippen LogP contribution in [-0.4, -0.2) is 59.9 Å². The normalized spacial score (nSPS) is 17.3. The Bertz CT molecular complexity index is 840. The van der Waals surface area contributed by atoms with Gasteiger partial charge in [-0.3, -0.25) is 9.59 Å². The molecule has 1 N–H and O–H groups in total. The molecule has 2 aromatic rings. The van der Waals surface area contributed by atoms with E-state index in [2.05, 4.69) is 35.9 Å². The summed E-state index contributed by atoms with van der Waals surface area (Å²) < 4.78 is 2.30. The van der Waals surface area contributed by atoms with E-state index < -0.39 is 0 Å². The first-order valence-corrected chi connectivity index (χ1v) is 9.72. The van der Waals surface area contributed by atoms with Crippen molar-refractivity contribution in [2.45, 2.75) is 33.2 Å². The van der Waals surface area contributed by atoms with Crippen LogP contribution in [-0.2, 0) is 16.1 Å². The highest BCUT2D eigenvalue weighted by atomic mass is 16.2. The van der Waals surface area contributed by atoms with Gasteiger partial charge in [0.15, 0.2) is 0 Å². The summed E-state index contributed by atoms with van der Waals surface area (Å²) in [7, 11) is 3.97. The highest BCUT2D eigenvalue weighted by molar-refractivity contribution is 5.98. The molecule has 1 saturated heterocycles. The lowest BCUT2D eigenvalue weighted by Crippen LogP contribution is -2.33. The summed E-state index contributed by atoms with van der Waals surface area (Å²) in [6, 6.07) is 8.19. The van der Waals surface area contributed by atoms with Crippen LogP contribution in [0.3, 0.4) is 0 Å². The standard InChI is InChI=1S/C21H30N4O2/c1-5-8-25-15(2)11-16-12-18(6-7-19(16)25)22-21(27)17-13-20(26)24(14-17)10-9-23(3)4/h6-7,11-12,17H,5,8-10,13-14H2,1-4H3,(H,22,27)/t17-/m0/s1. The summed E-state index contributed by atoms with van der Waals surface area (Å²) in [5.41, 5.74) is 3.21. The fourth-order valence-electron chi connectivity index (χ4n) is 3.74. The zero-order valence-corrected chi connectivity index (χ0v) is 16.8. The molecule has 2 heterocycles. The van der Waals surface area contributed by atoms with Gasteiger partial charge in [-0.15, -0.1) is 0 Å². The number of likely N-dealkylation sites (N-methyl/N-ethyl adjacent to an activating group) is 1. The van der Waals surface area contributed by atoms with Crippen LogP contribution < -0.4 is 5.32 Å². The number of hydrogen-bond acceptors (Lipinski definition) is 3. The van der Waals surface area contributed by atoms with Crippen molar-refractivity contribution in [3.63, 3.8) is 0 Å². The first kappa shape index (κ1) is 19.4. The van der Waals surface area contributed by atoms with E-state index in [1.807, 2.05) is 31.1 Å². The zero-order valence-electron chi connectivity index (χ0n) is 16.8. The van der Waals surface area contributed by atoms with Gasteiger partial charge >= 0.3 is 0 Å². The Morgan fingerprint density at radius 1 is 1.26 bits per heavy atom. The predicted molar refractivity (Wildman–Crippen MR) is 109 cm³/mol. The van der Waals surface area contributed by atoms with Crippen molar-refractivity contribution in [2.75, 3.05) is 39.0 Å². The number of carbonyl (C=O) groups excluding carboxylic acids is 2. The molecule has 0 bridgehead atoms. The number of anilines is 1. The molecule has 146 valence electrons. The van der Waals surface area contributed by atoms with Crippen molar-refractivity contribution >= 4 is 28.4 Å². The van der Waals surface area contributed by atoms with Gasteiger partial charge in [0, 0.05) is 54.9 Å². The average Bonchev–Trinajstić information content (AvgIpc) is 3.13. The largest absolute Gasteiger partial charge is 0.345 e. The third-order valence-corrected chi connectivity index (χ3v) is 5.23. The Morgan fingerprint density at radius 2 is 2.04 bits per heavy atom. The molecule has 3 rings (SSSR count). The summed E-state index contributed by atoms with van der Waals surface area (Å²) in [6.07, 6.45) is 1.39. The van der Waals surface area contributed by atoms with Crippen molar-refractivity contribution in [3.05, 3.63) is 30.0 Å². The van der Waals surface area contributed by atoms with Gasteiger partial charge in [-0.05, 0) is 51.7 Å². The molecule has 1 aromatic heterocycles. The first-order valence-electron chi connectivity index (χ1n) is 9.72. The second kappa shape index (κ2) is 8.13. The lowest BCUT2D eigenvalue weighted by Gasteiger charge is -2.19. The molecule has 6 nitrogen and oxygen atoms in total. The van der Waals surface area contributed by atoms with E-state index >= 15 is 0 Å².